The van der Waals surface area contributed by atoms with Gasteiger partial charge in [-0.15, -0.1) is 10.2 Å². The van der Waals surface area contributed by atoms with Crippen LogP contribution in [0.15, 0.2) is 64.8 Å². The third kappa shape index (κ3) is 7.54. The van der Waals surface area contributed by atoms with Gasteiger partial charge in [0.1, 0.15) is 23.1 Å². The second-order valence-corrected chi connectivity index (χ2v) is 19.7. The lowest BCUT2D eigenvalue weighted by atomic mass is 9.90. The average molecular weight is 857 g/mol. The maximum atomic E-state index is 10.7. The summed E-state index contributed by atoms with van der Waals surface area (Å²) >= 11 is 3.16. The van der Waals surface area contributed by atoms with Crippen molar-refractivity contribution in [2.24, 2.45) is 10.2 Å². The minimum atomic E-state index is -0.453. The van der Waals surface area contributed by atoms with Crippen LogP contribution in [0, 0.1) is 87.5 Å². The number of hydrogen-bond acceptors (Lipinski definition) is 11. The van der Waals surface area contributed by atoms with Crippen molar-refractivity contribution in [2.45, 2.75) is 102 Å². The molecule has 4 aromatic carbocycles. The zero-order valence-electron chi connectivity index (χ0n) is 38.0. The fourth-order valence-electron chi connectivity index (χ4n) is 8.08. The molecular weight excluding hydrogens is 805 g/mol. The maximum absolute atomic E-state index is 10.7. The van der Waals surface area contributed by atoms with Gasteiger partial charge in [0.05, 0.1) is 31.8 Å². The van der Waals surface area contributed by atoms with Gasteiger partial charge in [0.2, 0.25) is 5.13 Å². The average Bonchev–Trinajstić information content (AvgIpc) is 3.93. The van der Waals surface area contributed by atoms with E-state index in [1.165, 1.54) is 39.2 Å². The van der Waals surface area contributed by atoms with Crippen molar-refractivity contribution in [3.8, 4) is 11.2 Å². The zero-order valence-corrected chi connectivity index (χ0v) is 39.7. The van der Waals surface area contributed by atoms with E-state index in [9.17, 15) is 5.26 Å². The highest BCUT2D eigenvalue weighted by molar-refractivity contribution is 7.22. The summed E-state index contributed by atoms with van der Waals surface area (Å²) in [4.78, 5) is 17.9. The van der Waals surface area contributed by atoms with Crippen LogP contribution in [0.5, 0.6) is 0 Å². The van der Waals surface area contributed by atoms with Crippen LogP contribution in [0.1, 0.15) is 93.2 Å². The third-order valence-corrected chi connectivity index (χ3v) is 13.9. The van der Waals surface area contributed by atoms with Crippen LogP contribution in [0.3, 0.4) is 0 Å². The number of rotatable bonds is 8. The van der Waals surface area contributed by atoms with Gasteiger partial charge in [0, 0.05) is 11.1 Å². The molecule has 8 aromatic rings. The van der Waals surface area contributed by atoms with Crippen LogP contribution in [0.2, 0.25) is 0 Å². The first-order valence-electron chi connectivity index (χ1n) is 20.8. The largest absolute Gasteiger partial charge is 0.338 e. The van der Waals surface area contributed by atoms with Gasteiger partial charge in [-0.2, -0.15) is 15.0 Å². The number of aryl methyl sites for hydroxylation is 7. The number of hydrogen-bond donors (Lipinski definition) is 1. The summed E-state index contributed by atoms with van der Waals surface area (Å²) in [6, 6.07) is 21.5. The molecule has 0 unspecified atom stereocenters. The molecule has 62 heavy (non-hydrogen) atoms. The molecule has 4 heterocycles. The first-order chi connectivity index (χ1) is 29.3. The Morgan fingerprint density at radius 2 is 1.27 bits per heavy atom. The van der Waals surface area contributed by atoms with E-state index in [0.717, 1.165) is 70.3 Å². The number of anilines is 5. The Labute approximate surface area is 372 Å². The molecule has 8 rings (SSSR count). The van der Waals surface area contributed by atoms with E-state index >= 15 is 0 Å². The number of nitrogens with zero attached hydrogens (tertiary/aromatic N) is 9. The number of azo groups is 1. The van der Waals surface area contributed by atoms with Gasteiger partial charge < -0.3 is 5.32 Å². The molecule has 10 nitrogen and oxygen atoms in total. The topological polar surface area (TPSA) is 120 Å². The van der Waals surface area contributed by atoms with Crippen molar-refractivity contribution in [3.63, 3.8) is 0 Å². The number of fused-ring (bicyclic) bond motifs is 2. The number of thiazole rings is 2. The van der Waals surface area contributed by atoms with Crippen molar-refractivity contribution < 1.29 is 0 Å². The Bertz CT molecular complexity index is 3190. The minimum Gasteiger partial charge on any atom is -0.338 e. The van der Waals surface area contributed by atoms with Crippen LogP contribution in [0.25, 0.3) is 25.6 Å². The lowest BCUT2D eigenvalue weighted by molar-refractivity contribution is 0.559. The molecule has 0 fully saturated rings. The monoisotopic (exact) mass is 856 g/mol. The summed E-state index contributed by atoms with van der Waals surface area (Å²) in [5.41, 5.74) is 17.4. The number of pyridine rings is 1. The van der Waals surface area contributed by atoms with Crippen molar-refractivity contribution >= 4 is 82.8 Å². The summed E-state index contributed by atoms with van der Waals surface area (Å²) in [5, 5.41) is 30.8. The first kappa shape index (κ1) is 42.4. The van der Waals surface area contributed by atoms with Crippen molar-refractivity contribution in [1.82, 2.24) is 24.7 Å². The molecule has 314 valence electrons. The molecule has 1 N–H and O–H groups in total. The van der Waals surface area contributed by atoms with Gasteiger partial charge in [0.25, 0.3) is 0 Å². The van der Waals surface area contributed by atoms with E-state index in [1.807, 2.05) is 39.8 Å². The molecule has 0 atom stereocenters. The summed E-state index contributed by atoms with van der Waals surface area (Å²) in [5.74, 6) is 1.53. The Morgan fingerprint density at radius 3 is 1.92 bits per heavy atom. The Morgan fingerprint density at radius 1 is 0.661 bits per heavy atom. The summed E-state index contributed by atoms with van der Waals surface area (Å²) in [7, 11) is 0. The first-order valence-corrected chi connectivity index (χ1v) is 22.4. The standard InChI is InChI=1S/C50H52N10S2/c1-25-15-17-37-39(19-25)61-48(52-37)59(44-31(7)22-28(4)33(9)35(44)11)41-23-30(6)43(46(54-41)55-42-29(5)21-27(3)32(8)34(42)10)56-57-47-36(24-51)45(50(12,13)14)58-60(47)49-53-38-18-16-26(2)20-40(38)62-49/h15-23H,1-14H3,(H,54,55). The minimum absolute atomic E-state index is 0.314. The number of nitriles is 1. The fraction of sp³-hybridized carbons (Fsp3) is 0.300. The number of nitrogens with one attached hydrogen (secondary N) is 1. The summed E-state index contributed by atoms with van der Waals surface area (Å²) in [6.45, 7) is 29.6. The Hall–Kier alpha value is -6.29. The van der Waals surface area contributed by atoms with E-state index < -0.39 is 5.41 Å². The van der Waals surface area contributed by atoms with E-state index in [2.05, 4.69) is 128 Å². The molecular formula is C50H52N10S2. The van der Waals surface area contributed by atoms with Crippen LogP contribution in [-0.4, -0.2) is 24.7 Å². The highest BCUT2D eigenvalue weighted by Crippen LogP contribution is 2.46. The van der Waals surface area contributed by atoms with Gasteiger partial charge in [-0.05, 0) is 168 Å². The molecule has 0 saturated carbocycles. The predicted molar refractivity (Wildman–Crippen MR) is 258 cm³/mol. The quantitative estimate of drug-likeness (QED) is 0.151. The fourth-order valence-corrected chi connectivity index (χ4v) is 10.2. The Balaban J connectivity index is 1.38. The highest BCUT2D eigenvalue weighted by atomic mass is 32.1. The Kier molecular flexibility index (Phi) is 10.9. The second kappa shape index (κ2) is 15.9. The number of benzene rings is 4. The van der Waals surface area contributed by atoms with Crippen molar-refractivity contribution in [2.75, 3.05) is 10.2 Å². The lowest BCUT2D eigenvalue weighted by Gasteiger charge is -2.28. The molecule has 0 aliphatic rings. The van der Waals surface area contributed by atoms with Gasteiger partial charge in [-0.25, -0.2) is 15.0 Å². The SMILES string of the molecule is Cc1ccc2nc(N(c3cc(C)c(N=Nc4c(C#N)c(C(C)(C)C)nn4-c4nc5ccc(C)cc5s4)c(Nc4c(C)cc(C)c(C)c4C)n3)c3c(C)cc(C)c(C)c3C)sc2c1. The zero-order chi connectivity index (χ0) is 44.5. The predicted octanol–water partition coefficient (Wildman–Crippen LogP) is 14.7. The molecule has 0 saturated heterocycles. The molecule has 4 aromatic heterocycles. The van der Waals surface area contributed by atoms with Gasteiger partial charge in [-0.1, -0.05) is 67.7 Å². The van der Waals surface area contributed by atoms with E-state index in [1.54, 1.807) is 16.0 Å². The van der Waals surface area contributed by atoms with Crippen molar-refractivity contribution in [3.05, 3.63) is 127 Å². The number of aromatic nitrogens is 5. The van der Waals surface area contributed by atoms with Gasteiger partial charge >= 0.3 is 0 Å². The normalized spacial score (nSPS) is 12.0. The van der Waals surface area contributed by atoms with Crippen LogP contribution in [0.4, 0.5) is 39.6 Å². The molecule has 0 bridgehead atoms. The van der Waals surface area contributed by atoms with E-state index in [0.29, 0.717) is 39.5 Å². The maximum Gasteiger partial charge on any atom is 0.213 e. The van der Waals surface area contributed by atoms with Crippen LogP contribution in [-0.2, 0) is 5.41 Å². The van der Waals surface area contributed by atoms with Crippen LogP contribution >= 0.6 is 22.7 Å². The smallest absolute Gasteiger partial charge is 0.213 e. The molecule has 0 amide bonds. The third-order valence-electron chi connectivity index (χ3n) is 11.9. The molecule has 0 aliphatic heterocycles. The van der Waals surface area contributed by atoms with E-state index in [4.69, 9.17) is 30.3 Å². The molecule has 0 aliphatic carbocycles. The molecule has 12 heteroatoms. The lowest BCUT2D eigenvalue weighted by Crippen LogP contribution is -2.16. The van der Waals surface area contributed by atoms with Gasteiger partial charge in [0.15, 0.2) is 16.8 Å². The summed E-state index contributed by atoms with van der Waals surface area (Å²) < 4.78 is 3.80. The van der Waals surface area contributed by atoms with E-state index in [-0.39, 0.29) is 0 Å². The molecule has 0 radical (unpaired) electrons. The second-order valence-electron chi connectivity index (χ2n) is 17.7. The van der Waals surface area contributed by atoms with Crippen LogP contribution < -0.4 is 10.2 Å². The molecule has 0 spiro atoms. The van der Waals surface area contributed by atoms with Crippen molar-refractivity contribution in [1.29, 1.82) is 5.26 Å². The summed E-state index contributed by atoms with van der Waals surface area (Å²) in [6.07, 6.45) is 0. The van der Waals surface area contributed by atoms with Gasteiger partial charge in [-0.3, -0.25) is 4.90 Å². The highest BCUT2D eigenvalue weighted by Gasteiger charge is 2.30.